The van der Waals surface area contributed by atoms with Crippen LogP contribution in [0, 0.1) is 16.0 Å². The molecule has 0 aliphatic rings. The molecule has 6 nitrogen and oxygen atoms in total. The maximum atomic E-state index is 10.2. The van der Waals surface area contributed by atoms with Gasteiger partial charge in [-0.2, -0.15) is 0 Å². The summed E-state index contributed by atoms with van der Waals surface area (Å²) in [6.07, 6.45) is 0. The summed E-state index contributed by atoms with van der Waals surface area (Å²) in [6, 6.07) is -1.15. The second-order valence-corrected chi connectivity index (χ2v) is 2.36. The first kappa shape index (κ1) is 9.83. The smallest absolute Gasteiger partial charge is 0.321 e. The van der Waals surface area contributed by atoms with Gasteiger partial charge < -0.3 is 10.8 Å². The van der Waals surface area contributed by atoms with E-state index in [1.807, 2.05) is 0 Å². The Kier molecular flexibility index (Phi) is 3.46. The Labute approximate surface area is 63.1 Å². The van der Waals surface area contributed by atoms with E-state index in [0.29, 0.717) is 0 Å². The van der Waals surface area contributed by atoms with Crippen molar-refractivity contribution in [3.8, 4) is 0 Å². The van der Waals surface area contributed by atoms with Crippen molar-refractivity contribution in [2.45, 2.75) is 13.0 Å². The van der Waals surface area contributed by atoms with Crippen LogP contribution < -0.4 is 5.73 Å². The summed E-state index contributed by atoms with van der Waals surface area (Å²) in [5.74, 6) is -1.85. The third kappa shape index (κ3) is 3.51. The van der Waals surface area contributed by atoms with Crippen molar-refractivity contribution in [2.24, 2.45) is 11.7 Å². The molecule has 11 heavy (non-hydrogen) atoms. The molecule has 0 saturated carbocycles. The molecular weight excluding hydrogens is 152 g/mol. The van der Waals surface area contributed by atoms with Crippen molar-refractivity contribution in [3.63, 3.8) is 0 Å². The van der Waals surface area contributed by atoms with Gasteiger partial charge in [0, 0.05) is 10.8 Å². The Morgan fingerprint density at radius 3 is 2.55 bits per heavy atom. The third-order valence-electron chi connectivity index (χ3n) is 1.34. The zero-order valence-corrected chi connectivity index (χ0v) is 6.06. The molecule has 0 aliphatic heterocycles. The summed E-state index contributed by atoms with van der Waals surface area (Å²) in [4.78, 5) is 19.5. The number of nitro groups is 1. The van der Waals surface area contributed by atoms with E-state index >= 15 is 0 Å². The van der Waals surface area contributed by atoms with Gasteiger partial charge in [0.05, 0.1) is 0 Å². The molecule has 0 aromatic rings. The zero-order valence-electron chi connectivity index (χ0n) is 6.06. The molecule has 2 unspecified atom stereocenters. The topological polar surface area (TPSA) is 106 Å². The van der Waals surface area contributed by atoms with Gasteiger partial charge in [0.2, 0.25) is 6.54 Å². The minimum atomic E-state index is -1.21. The minimum Gasteiger partial charge on any atom is -0.480 e. The molecule has 2 atom stereocenters. The van der Waals surface area contributed by atoms with Crippen LogP contribution in [-0.2, 0) is 4.79 Å². The number of carbonyl (C=O) groups is 1. The molecule has 0 spiro atoms. The summed E-state index contributed by atoms with van der Waals surface area (Å²) >= 11 is 0. The van der Waals surface area contributed by atoms with Gasteiger partial charge in [0.25, 0.3) is 0 Å². The second kappa shape index (κ2) is 3.87. The summed E-state index contributed by atoms with van der Waals surface area (Å²) in [5, 5.41) is 18.2. The average molecular weight is 162 g/mol. The maximum absolute atomic E-state index is 10.2. The van der Waals surface area contributed by atoms with Crippen molar-refractivity contribution in [3.05, 3.63) is 10.1 Å². The Morgan fingerprint density at radius 1 is 1.82 bits per heavy atom. The van der Waals surface area contributed by atoms with E-state index < -0.39 is 29.4 Å². The molecule has 0 radical (unpaired) electrons. The molecule has 0 bridgehead atoms. The normalized spacial score (nSPS) is 15.5. The van der Waals surface area contributed by atoms with Crippen LogP contribution in [0.25, 0.3) is 0 Å². The average Bonchev–Trinajstić information content (AvgIpc) is 1.84. The Morgan fingerprint density at radius 2 is 2.27 bits per heavy atom. The van der Waals surface area contributed by atoms with Crippen molar-refractivity contribution >= 4 is 5.97 Å². The van der Waals surface area contributed by atoms with Gasteiger partial charge in [-0.05, 0) is 0 Å². The van der Waals surface area contributed by atoms with Gasteiger partial charge in [-0.3, -0.25) is 14.9 Å². The maximum Gasteiger partial charge on any atom is 0.321 e. The van der Waals surface area contributed by atoms with E-state index in [9.17, 15) is 14.9 Å². The van der Waals surface area contributed by atoms with Crippen LogP contribution in [0.15, 0.2) is 0 Å². The lowest BCUT2D eigenvalue weighted by Crippen LogP contribution is -2.39. The van der Waals surface area contributed by atoms with Crippen LogP contribution in [0.3, 0.4) is 0 Å². The number of nitrogens with zero attached hydrogens (tertiary/aromatic N) is 1. The van der Waals surface area contributed by atoms with Crippen LogP contribution in [0.5, 0.6) is 0 Å². The summed E-state index contributed by atoms with van der Waals surface area (Å²) in [7, 11) is 0. The van der Waals surface area contributed by atoms with Crippen molar-refractivity contribution in [1.82, 2.24) is 0 Å². The molecule has 0 fully saturated rings. The molecule has 0 heterocycles. The Balaban J connectivity index is 3.92. The van der Waals surface area contributed by atoms with Crippen molar-refractivity contribution < 1.29 is 14.8 Å². The summed E-state index contributed by atoms with van der Waals surface area (Å²) < 4.78 is 0. The molecule has 0 rings (SSSR count). The fourth-order valence-electron chi connectivity index (χ4n) is 0.592. The predicted octanol–water partition coefficient (Wildman–Crippen LogP) is -0.689. The standard InChI is InChI=1S/C5H10N2O4/c1-3(2-7(10)11)4(6)5(8)9/h3-4H,2,6H2,1H3,(H,8,9). The van der Waals surface area contributed by atoms with Crippen LogP contribution in [-0.4, -0.2) is 28.6 Å². The van der Waals surface area contributed by atoms with E-state index in [0.717, 1.165) is 0 Å². The zero-order chi connectivity index (χ0) is 9.02. The SMILES string of the molecule is CC(C[N+](=O)[O-])C(N)C(=O)O. The number of carboxylic acid groups (broad SMARTS) is 1. The van der Waals surface area contributed by atoms with Gasteiger partial charge in [0.1, 0.15) is 6.04 Å². The second-order valence-electron chi connectivity index (χ2n) is 2.36. The van der Waals surface area contributed by atoms with Gasteiger partial charge in [-0.15, -0.1) is 0 Å². The molecule has 6 heteroatoms. The van der Waals surface area contributed by atoms with Crippen LogP contribution >= 0.6 is 0 Å². The lowest BCUT2D eigenvalue weighted by molar-refractivity contribution is -0.487. The molecule has 0 aromatic heterocycles. The monoisotopic (exact) mass is 162 g/mol. The largest absolute Gasteiger partial charge is 0.480 e. The lowest BCUT2D eigenvalue weighted by Gasteiger charge is -2.10. The molecule has 64 valence electrons. The first-order valence-corrected chi connectivity index (χ1v) is 3.05. The Hall–Kier alpha value is -1.17. The van der Waals surface area contributed by atoms with E-state index in [4.69, 9.17) is 10.8 Å². The quantitative estimate of drug-likeness (QED) is 0.420. The van der Waals surface area contributed by atoms with E-state index in [1.165, 1.54) is 6.92 Å². The highest BCUT2D eigenvalue weighted by Crippen LogP contribution is 2.00. The number of nitrogens with two attached hydrogens (primary N) is 1. The molecule has 0 aromatic carbocycles. The molecular formula is C5H10N2O4. The fourth-order valence-corrected chi connectivity index (χ4v) is 0.592. The number of rotatable bonds is 4. The number of hydrogen-bond donors (Lipinski definition) is 2. The number of hydrogen-bond acceptors (Lipinski definition) is 4. The first-order valence-electron chi connectivity index (χ1n) is 3.05. The van der Waals surface area contributed by atoms with Gasteiger partial charge in [0.15, 0.2) is 0 Å². The first-order chi connectivity index (χ1) is 4.95. The number of carboxylic acids is 1. The Bertz CT molecular complexity index is 170. The highest BCUT2D eigenvalue weighted by Gasteiger charge is 2.23. The summed E-state index contributed by atoms with van der Waals surface area (Å²) in [6.45, 7) is 1.02. The summed E-state index contributed by atoms with van der Waals surface area (Å²) in [5.41, 5.74) is 5.10. The predicted molar refractivity (Wildman–Crippen MR) is 36.6 cm³/mol. The van der Waals surface area contributed by atoms with E-state index in [1.54, 1.807) is 0 Å². The molecule has 3 N–H and O–H groups in total. The molecule has 0 amide bonds. The highest BCUT2D eigenvalue weighted by atomic mass is 16.6. The van der Waals surface area contributed by atoms with Crippen molar-refractivity contribution in [2.75, 3.05) is 6.54 Å². The van der Waals surface area contributed by atoms with Gasteiger partial charge >= 0.3 is 5.97 Å². The number of aliphatic carboxylic acids is 1. The molecule has 0 aliphatic carbocycles. The lowest BCUT2D eigenvalue weighted by atomic mass is 10.0. The van der Waals surface area contributed by atoms with E-state index in [2.05, 4.69) is 0 Å². The van der Waals surface area contributed by atoms with Crippen LogP contribution in [0.2, 0.25) is 0 Å². The minimum absolute atomic E-state index is 0.409. The fraction of sp³-hybridized carbons (Fsp3) is 0.800. The third-order valence-corrected chi connectivity index (χ3v) is 1.34. The van der Waals surface area contributed by atoms with Crippen LogP contribution in [0.1, 0.15) is 6.92 Å². The highest BCUT2D eigenvalue weighted by molar-refractivity contribution is 5.73. The van der Waals surface area contributed by atoms with Gasteiger partial charge in [-0.25, -0.2) is 0 Å². The van der Waals surface area contributed by atoms with E-state index in [-0.39, 0.29) is 0 Å². The molecule has 0 saturated heterocycles. The van der Waals surface area contributed by atoms with Crippen LogP contribution in [0.4, 0.5) is 0 Å². The van der Waals surface area contributed by atoms with Gasteiger partial charge in [-0.1, -0.05) is 6.92 Å². The van der Waals surface area contributed by atoms with Crippen molar-refractivity contribution in [1.29, 1.82) is 0 Å².